The molecule has 1 N–H and O–H groups in total. The van der Waals surface area contributed by atoms with Crippen LogP contribution in [0.3, 0.4) is 0 Å². The summed E-state index contributed by atoms with van der Waals surface area (Å²) >= 11 is 0. The maximum absolute atomic E-state index is 12.7. The molecule has 1 aromatic carbocycles. The van der Waals surface area contributed by atoms with Crippen LogP contribution in [0.25, 0.3) is 0 Å². The summed E-state index contributed by atoms with van der Waals surface area (Å²) in [6, 6.07) is 10.7. The summed E-state index contributed by atoms with van der Waals surface area (Å²) in [4.78, 5) is 0. The van der Waals surface area contributed by atoms with E-state index in [1.165, 1.54) is 5.56 Å². The van der Waals surface area contributed by atoms with Gasteiger partial charge in [0, 0.05) is 24.3 Å². The number of halogens is 1. The van der Waals surface area contributed by atoms with Crippen molar-refractivity contribution in [2.24, 2.45) is 5.92 Å². The minimum absolute atomic E-state index is 0.0130. The predicted octanol–water partition coefficient (Wildman–Crippen LogP) is 4.89. The maximum Gasteiger partial charge on any atom is 0.108 e. The van der Waals surface area contributed by atoms with Crippen LogP contribution in [0.4, 0.5) is 4.39 Å². The molecule has 0 spiro atoms. The van der Waals surface area contributed by atoms with Crippen molar-refractivity contribution in [2.75, 3.05) is 20.4 Å². The molecule has 4 atom stereocenters. The summed E-state index contributed by atoms with van der Waals surface area (Å²) in [6.45, 7) is 4.22. The first-order valence-corrected chi connectivity index (χ1v) is 9.75. The van der Waals surface area contributed by atoms with Crippen molar-refractivity contribution in [3.8, 4) is 0 Å². The van der Waals surface area contributed by atoms with Crippen molar-refractivity contribution in [3.05, 3.63) is 71.0 Å². The van der Waals surface area contributed by atoms with Gasteiger partial charge in [0.15, 0.2) is 0 Å². The lowest BCUT2D eigenvalue weighted by molar-refractivity contribution is -0.102. The van der Waals surface area contributed by atoms with E-state index in [9.17, 15) is 4.39 Å². The van der Waals surface area contributed by atoms with Crippen LogP contribution >= 0.6 is 0 Å². The van der Waals surface area contributed by atoms with Crippen LogP contribution in [0.1, 0.15) is 38.3 Å². The smallest absolute Gasteiger partial charge is 0.108 e. The van der Waals surface area contributed by atoms with Gasteiger partial charge in [-0.2, -0.15) is 0 Å². The van der Waals surface area contributed by atoms with Gasteiger partial charge >= 0.3 is 0 Å². The minimum atomic E-state index is -0.462. The molecule has 2 fully saturated rings. The highest BCUT2D eigenvalue weighted by Gasteiger charge is 2.43. The summed E-state index contributed by atoms with van der Waals surface area (Å²) in [5.41, 5.74) is 4.50. The molecule has 1 aromatic rings. The molecule has 0 bridgehead atoms. The van der Waals surface area contributed by atoms with E-state index < -0.39 is 6.67 Å². The minimum Gasteiger partial charge on any atom is -0.382 e. The summed E-state index contributed by atoms with van der Waals surface area (Å²) in [5.74, 6) is 0.355. The average Bonchev–Trinajstić information content (AvgIpc) is 2.71. The maximum atomic E-state index is 12.7. The van der Waals surface area contributed by atoms with Crippen LogP contribution in [0.2, 0.25) is 0 Å². The summed E-state index contributed by atoms with van der Waals surface area (Å²) in [6.07, 6.45) is 7.73. The standard InChI is InChI=1S/C23H30FNO2/c1-4-19-21(16(2)9-8-14-24)25-22(17-10-6-5-7-11-17)20-13-12-18(15-26-3)27-23(19)20/h4-11,18,20,22-23,25H,12-15H2,1-3H3/b9-8+,19-4+,21-16+/t18?,20?,22-,23?/m0/s1. The molecule has 0 amide bonds. The van der Waals surface area contributed by atoms with Crippen molar-refractivity contribution >= 4 is 0 Å². The van der Waals surface area contributed by atoms with Gasteiger partial charge in [0.1, 0.15) is 6.67 Å². The summed E-state index contributed by atoms with van der Waals surface area (Å²) in [5, 5.41) is 3.75. The van der Waals surface area contributed by atoms with E-state index in [0.29, 0.717) is 12.5 Å². The van der Waals surface area contributed by atoms with Gasteiger partial charge in [-0.25, -0.2) is 4.39 Å². The fraction of sp³-hybridized carbons (Fsp3) is 0.478. The molecule has 0 saturated carbocycles. The lowest BCUT2D eigenvalue weighted by atomic mass is 9.75. The van der Waals surface area contributed by atoms with E-state index >= 15 is 0 Å². The van der Waals surface area contributed by atoms with E-state index in [2.05, 4.69) is 35.7 Å². The number of benzene rings is 1. The van der Waals surface area contributed by atoms with E-state index in [1.807, 2.05) is 26.0 Å². The largest absolute Gasteiger partial charge is 0.382 e. The van der Waals surface area contributed by atoms with Crippen molar-refractivity contribution < 1.29 is 13.9 Å². The highest BCUT2D eigenvalue weighted by molar-refractivity contribution is 5.45. The molecular weight excluding hydrogens is 341 g/mol. The molecule has 2 aliphatic rings. The van der Waals surface area contributed by atoms with E-state index in [-0.39, 0.29) is 18.2 Å². The topological polar surface area (TPSA) is 30.5 Å². The van der Waals surface area contributed by atoms with Crippen molar-refractivity contribution in [1.82, 2.24) is 5.32 Å². The molecule has 0 aromatic heterocycles. The Morgan fingerprint density at radius 3 is 2.74 bits per heavy atom. The molecule has 27 heavy (non-hydrogen) atoms. The normalized spacial score (nSPS) is 31.6. The monoisotopic (exact) mass is 371 g/mol. The Labute approximate surface area is 161 Å². The van der Waals surface area contributed by atoms with Crippen molar-refractivity contribution in [1.29, 1.82) is 0 Å². The summed E-state index contributed by atoms with van der Waals surface area (Å²) in [7, 11) is 1.72. The third kappa shape index (κ3) is 4.33. The second-order valence-corrected chi connectivity index (χ2v) is 7.27. The van der Waals surface area contributed by atoms with Gasteiger partial charge in [-0.3, -0.25) is 0 Å². The molecule has 2 saturated heterocycles. The lowest BCUT2D eigenvalue weighted by Gasteiger charge is -2.47. The Morgan fingerprint density at radius 1 is 1.30 bits per heavy atom. The Morgan fingerprint density at radius 2 is 2.07 bits per heavy atom. The van der Waals surface area contributed by atoms with Crippen LogP contribution in [0.5, 0.6) is 0 Å². The van der Waals surface area contributed by atoms with E-state index in [0.717, 1.165) is 29.7 Å². The molecule has 4 heteroatoms. The fourth-order valence-corrected chi connectivity index (χ4v) is 4.29. The van der Waals surface area contributed by atoms with Crippen LogP contribution in [0.15, 0.2) is 65.4 Å². The Kier molecular flexibility index (Phi) is 6.86. The highest BCUT2D eigenvalue weighted by Crippen LogP contribution is 2.44. The second-order valence-electron chi connectivity index (χ2n) is 7.27. The molecule has 3 nitrogen and oxygen atoms in total. The van der Waals surface area contributed by atoms with Crippen molar-refractivity contribution in [2.45, 2.75) is 44.9 Å². The number of hydrogen-bond acceptors (Lipinski definition) is 3. The zero-order chi connectivity index (χ0) is 19.2. The van der Waals surface area contributed by atoms with Gasteiger partial charge in [-0.1, -0.05) is 48.6 Å². The number of piperidine rings is 1. The van der Waals surface area contributed by atoms with Crippen LogP contribution in [-0.2, 0) is 9.47 Å². The second kappa shape index (κ2) is 9.34. The van der Waals surface area contributed by atoms with Gasteiger partial charge < -0.3 is 14.8 Å². The van der Waals surface area contributed by atoms with E-state index in [1.54, 1.807) is 13.2 Å². The number of alkyl halides is 1. The first-order valence-electron chi connectivity index (χ1n) is 9.75. The molecule has 3 unspecified atom stereocenters. The van der Waals surface area contributed by atoms with Crippen molar-refractivity contribution in [3.63, 3.8) is 0 Å². The molecule has 146 valence electrons. The zero-order valence-corrected chi connectivity index (χ0v) is 16.5. The zero-order valence-electron chi connectivity index (χ0n) is 16.5. The summed E-state index contributed by atoms with van der Waals surface area (Å²) < 4.78 is 24.5. The molecular formula is C23H30FNO2. The Hall–Kier alpha value is -1.91. The predicted molar refractivity (Wildman–Crippen MR) is 107 cm³/mol. The number of fused-ring (bicyclic) bond motifs is 1. The van der Waals surface area contributed by atoms with Gasteiger partial charge in [0.25, 0.3) is 0 Å². The fourth-order valence-electron chi connectivity index (χ4n) is 4.29. The molecule has 0 aliphatic carbocycles. The van der Waals surface area contributed by atoms with Gasteiger partial charge in [-0.05, 0) is 37.8 Å². The van der Waals surface area contributed by atoms with Gasteiger partial charge in [0.05, 0.1) is 24.9 Å². The van der Waals surface area contributed by atoms with Gasteiger partial charge in [0.2, 0.25) is 0 Å². The third-order valence-corrected chi connectivity index (χ3v) is 5.55. The van der Waals surface area contributed by atoms with Crippen LogP contribution < -0.4 is 5.32 Å². The number of nitrogens with one attached hydrogen (secondary N) is 1. The molecule has 3 rings (SSSR count). The number of methoxy groups -OCH3 is 1. The lowest BCUT2D eigenvalue weighted by Crippen LogP contribution is -2.49. The van der Waals surface area contributed by atoms with Crippen LogP contribution in [0, 0.1) is 5.92 Å². The van der Waals surface area contributed by atoms with E-state index in [4.69, 9.17) is 9.47 Å². The molecule has 0 radical (unpaired) electrons. The number of allylic oxidation sites excluding steroid dienone is 4. The SMILES string of the molecule is C\C=C1/C(=C(C)\C=C\CF)N[C@@H](c2ccccc2)C2CCC(COC)OC12. The molecule has 2 heterocycles. The molecule has 2 aliphatic heterocycles. The quantitative estimate of drug-likeness (QED) is 0.800. The average molecular weight is 371 g/mol. The first kappa shape index (κ1) is 19.8. The highest BCUT2D eigenvalue weighted by atomic mass is 19.1. The Balaban J connectivity index is 2.01. The van der Waals surface area contributed by atoms with Gasteiger partial charge in [-0.15, -0.1) is 0 Å². The number of ether oxygens (including phenoxy) is 2. The first-order chi connectivity index (χ1) is 13.2. The third-order valence-electron chi connectivity index (χ3n) is 5.55. The Bertz CT molecular complexity index is 710. The number of hydrogen-bond donors (Lipinski definition) is 1. The van der Waals surface area contributed by atoms with Crippen LogP contribution in [-0.4, -0.2) is 32.6 Å². The number of rotatable bonds is 5.